The standard InChI is InChI=1S/C15H12Br2O2/c16-12-3-1-11(8-13(12)17)15(18)10-2-4-14-9(7-10)5-6-19-14/h1-4,7-8,15,18H,5-6H2. The van der Waals surface area contributed by atoms with Crippen LogP contribution >= 0.6 is 31.9 Å². The van der Waals surface area contributed by atoms with E-state index in [1.807, 2.05) is 36.4 Å². The SMILES string of the molecule is OC(c1ccc(Br)c(Br)c1)c1ccc2c(c1)CCO2. The van der Waals surface area contributed by atoms with Crippen LogP contribution in [0.4, 0.5) is 0 Å². The highest BCUT2D eigenvalue weighted by Gasteiger charge is 2.17. The summed E-state index contributed by atoms with van der Waals surface area (Å²) in [6, 6.07) is 11.7. The molecule has 98 valence electrons. The fraction of sp³-hybridized carbons (Fsp3) is 0.200. The first-order valence-electron chi connectivity index (χ1n) is 6.04. The zero-order valence-electron chi connectivity index (χ0n) is 10.1. The molecule has 1 aliphatic heterocycles. The molecule has 0 spiro atoms. The smallest absolute Gasteiger partial charge is 0.122 e. The summed E-state index contributed by atoms with van der Waals surface area (Å²) < 4.78 is 7.39. The Hall–Kier alpha value is -0.840. The Morgan fingerprint density at radius 3 is 2.53 bits per heavy atom. The molecular weight excluding hydrogens is 372 g/mol. The van der Waals surface area contributed by atoms with Crippen LogP contribution < -0.4 is 4.74 Å². The van der Waals surface area contributed by atoms with E-state index in [1.54, 1.807) is 0 Å². The molecule has 1 aliphatic rings. The molecule has 2 aromatic carbocycles. The molecule has 4 heteroatoms. The minimum atomic E-state index is -0.615. The Morgan fingerprint density at radius 2 is 1.74 bits per heavy atom. The van der Waals surface area contributed by atoms with Gasteiger partial charge in [0.2, 0.25) is 0 Å². The fourth-order valence-electron chi connectivity index (χ4n) is 2.25. The lowest BCUT2D eigenvalue weighted by molar-refractivity contribution is 0.220. The number of rotatable bonds is 2. The lowest BCUT2D eigenvalue weighted by Crippen LogP contribution is -2.00. The molecule has 0 radical (unpaired) electrons. The summed E-state index contributed by atoms with van der Waals surface area (Å²) in [6.07, 6.45) is 0.301. The van der Waals surface area contributed by atoms with Crippen molar-refractivity contribution in [3.8, 4) is 5.75 Å². The van der Waals surface area contributed by atoms with Crippen molar-refractivity contribution in [1.29, 1.82) is 0 Å². The van der Waals surface area contributed by atoms with Crippen molar-refractivity contribution in [3.63, 3.8) is 0 Å². The second kappa shape index (κ2) is 5.27. The van der Waals surface area contributed by atoms with E-state index in [-0.39, 0.29) is 0 Å². The molecule has 0 saturated heterocycles. The quantitative estimate of drug-likeness (QED) is 0.840. The Balaban J connectivity index is 1.94. The molecule has 1 heterocycles. The highest BCUT2D eigenvalue weighted by molar-refractivity contribution is 9.13. The number of hydrogen-bond donors (Lipinski definition) is 1. The van der Waals surface area contributed by atoms with Gasteiger partial charge in [0.05, 0.1) is 6.61 Å². The van der Waals surface area contributed by atoms with Gasteiger partial charge >= 0.3 is 0 Å². The molecule has 0 amide bonds. The van der Waals surface area contributed by atoms with E-state index in [0.29, 0.717) is 0 Å². The number of aliphatic hydroxyl groups is 1. The molecule has 0 bridgehead atoms. The van der Waals surface area contributed by atoms with Crippen LogP contribution in [0.15, 0.2) is 45.3 Å². The fourth-order valence-corrected chi connectivity index (χ4v) is 2.89. The summed E-state index contributed by atoms with van der Waals surface area (Å²) in [5.41, 5.74) is 2.94. The predicted molar refractivity (Wildman–Crippen MR) is 81.5 cm³/mol. The number of ether oxygens (including phenoxy) is 1. The van der Waals surface area contributed by atoms with E-state index < -0.39 is 6.10 Å². The van der Waals surface area contributed by atoms with Crippen LogP contribution in [0.5, 0.6) is 5.75 Å². The molecule has 19 heavy (non-hydrogen) atoms. The van der Waals surface area contributed by atoms with Crippen LogP contribution in [0.25, 0.3) is 0 Å². The summed E-state index contributed by atoms with van der Waals surface area (Å²) in [5, 5.41) is 10.5. The van der Waals surface area contributed by atoms with Gasteiger partial charge in [-0.05, 0) is 72.8 Å². The molecule has 2 aromatic rings. The second-order valence-corrected chi connectivity index (χ2v) is 6.25. The third-order valence-electron chi connectivity index (χ3n) is 3.29. The van der Waals surface area contributed by atoms with Crippen LogP contribution in [0.1, 0.15) is 22.8 Å². The molecule has 1 atom stereocenters. The first-order valence-corrected chi connectivity index (χ1v) is 7.62. The van der Waals surface area contributed by atoms with Crippen molar-refractivity contribution in [1.82, 2.24) is 0 Å². The molecule has 0 saturated carbocycles. The average molecular weight is 384 g/mol. The summed E-state index contributed by atoms with van der Waals surface area (Å²) in [7, 11) is 0. The lowest BCUT2D eigenvalue weighted by Gasteiger charge is -2.13. The minimum absolute atomic E-state index is 0.615. The lowest BCUT2D eigenvalue weighted by atomic mass is 9.99. The van der Waals surface area contributed by atoms with Crippen LogP contribution in [0.3, 0.4) is 0 Å². The third kappa shape index (κ3) is 2.57. The van der Waals surface area contributed by atoms with Crippen LogP contribution in [0.2, 0.25) is 0 Å². The first-order chi connectivity index (χ1) is 9.15. The summed E-state index contributed by atoms with van der Waals surface area (Å²) in [6.45, 7) is 0.735. The number of halogens is 2. The molecule has 3 rings (SSSR count). The molecule has 0 aliphatic carbocycles. The Kier molecular flexibility index (Phi) is 3.65. The van der Waals surface area contributed by atoms with Gasteiger partial charge in [0.15, 0.2) is 0 Å². The number of hydrogen-bond acceptors (Lipinski definition) is 2. The van der Waals surface area contributed by atoms with Crippen molar-refractivity contribution in [2.24, 2.45) is 0 Å². The first kappa shape index (κ1) is 13.2. The van der Waals surface area contributed by atoms with Crippen LogP contribution in [-0.4, -0.2) is 11.7 Å². The molecule has 2 nitrogen and oxygen atoms in total. The van der Waals surface area contributed by atoms with E-state index in [2.05, 4.69) is 31.9 Å². The molecule has 0 fully saturated rings. The van der Waals surface area contributed by atoms with Gasteiger partial charge in [-0.2, -0.15) is 0 Å². The Labute approximate surface area is 128 Å². The highest BCUT2D eigenvalue weighted by Crippen LogP contribution is 2.32. The zero-order valence-corrected chi connectivity index (χ0v) is 13.2. The maximum atomic E-state index is 10.5. The van der Waals surface area contributed by atoms with Crippen molar-refractivity contribution < 1.29 is 9.84 Å². The second-order valence-electron chi connectivity index (χ2n) is 4.54. The maximum Gasteiger partial charge on any atom is 0.122 e. The highest BCUT2D eigenvalue weighted by atomic mass is 79.9. The van der Waals surface area contributed by atoms with Gasteiger partial charge in [0.1, 0.15) is 11.9 Å². The van der Waals surface area contributed by atoms with E-state index >= 15 is 0 Å². The van der Waals surface area contributed by atoms with Gasteiger partial charge < -0.3 is 9.84 Å². The third-order valence-corrected chi connectivity index (χ3v) is 5.17. The zero-order chi connectivity index (χ0) is 13.4. The van der Waals surface area contributed by atoms with E-state index in [0.717, 1.165) is 38.8 Å². The van der Waals surface area contributed by atoms with E-state index in [9.17, 15) is 5.11 Å². The normalized spacial score (nSPS) is 14.9. The van der Waals surface area contributed by atoms with Gasteiger partial charge in [-0.1, -0.05) is 12.1 Å². The van der Waals surface area contributed by atoms with Gasteiger partial charge in [-0.3, -0.25) is 0 Å². The van der Waals surface area contributed by atoms with E-state index in [1.165, 1.54) is 5.56 Å². The van der Waals surface area contributed by atoms with Crippen molar-refractivity contribution in [2.45, 2.75) is 12.5 Å². The molecule has 1 unspecified atom stereocenters. The predicted octanol–water partition coefficient (Wildman–Crippen LogP) is 4.23. The largest absolute Gasteiger partial charge is 0.493 e. The summed E-state index contributed by atoms with van der Waals surface area (Å²) >= 11 is 6.89. The van der Waals surface area contributed by atoms with Crippen LogP contribution in [-0.2, 0) is 6.42 Å². The molecule has 1 N–H and O–H groups in total. The topological polar surface area (TPSA) is 29.5 Å². The molecule has 0 aromatic heterocycles. The molecular formula is C15H12Br2O2. The summed E-state index contributed by atoms with van der Waals surface area (Å²) in [4.78, 5) is 0. The summed E-state index contributed by atoms with van der Waals surface area (Å²) in [5.74, 6) is 0.938. The van der Waals surface area contributed by atoms with Gasteiger partial charge in [-0.15, -0.1) is 0 Å². The van der Waals surface area contributed by atoms with E-state index in [4.69, 9.17) is 4.74 Å². The van der Waals surface area contributed by atoms with Gasteiger partial charge in [0, 0.05) is 15.4 Å². The Morgan fingerprint density at radius 1 is 1.00 bits per heavy atom. The van der Waals surface area contributed by atoms with Gasteiger partial charge in [-0.25, -0.2) is 0 Å². The van der Waals surface area contributed by atoms with Crippen molar-refractivity contribution in [2.75, 3.05) is 6.61 Å². The number of fused-ring (bicyclic) bond motifs is 1. The monoisotopic (exact) mass is 382 g/mol. The maximum absolute atomic E-state index is 10.5. The van der Waals surface area contributed by atoms with Crippen LogP contribution in [0, 0.1) is 0 Å². The Bertz CT molecular complexity index is 626. The van der Waals surface area contributed by atoms with Gasteiger partial charge in [0.25, 0.3) is 0 Å². The average Bonchev–Trinajstić information content (AvgIpc) is 2.88. The van der Waals surface area contributed by atoms with Crippen molar-refractivity contribution in [3.05, 3.63) is 62.0 Å². The number of benzene rings is 2. The number of aliphatic hydroxyl groups excluding tert-OH is 1. The minimum Gasteiger partial charge on any atom is -0.493 e. The van der Waals surface area contributed by atoms with Crippen molar-refractivity contribution >= 4 is 31.9 Å².